The average molecular weight is 391 g/mol. The van der Waals surface area contributed by atoms with Gasteiger partial charge < -0.3 is 10.2 Å². The van der Waals surface area contributed by atoms with Gasteiger partial charge in [-0.1, -0.05) is 30.3 Å². The van der Waals surface area contributed by atoms with Crippen LogP contribution >= 0.6 is 11.8 Å². The zero-order valence-electron chi connectivity index (χ0n) is 15.5. The van der Waals surface area contributed by atoms with Crippen LogP contribution in [0.1, 0.15) is 15.9 Å². The van der Waals surface area contributed by atoms with Gasteiger partial charge in [0, 0.05) is 42.1 Å². The Kier molecular flexibility index (Phi) is 6.81. The van der Waals surface area contributed by atoms with Crippen molar-refractivity contribution in [1.29, 1.82) is 0 Å². The molecule has 0 aliphatic rings. The van der Waals surface area contributed by atoms with Crippen LogP contribution in [0.15, 0.2) is 79.1 Å². The highest BCUT2D eigenvalue weighted by Gasteiger charge is 2.14. The Balaban J connectivity index is 1.56. The van der Waals surface area contributed by atoms with E-state index < -0.39 is 0 Å². The van der Waals surface area contributed by atoms with Crippen molar-refractivity contribution < 1.29 is 9.59 Å². The fourth-order valence-electron chi connectivity index (χ4n) is 2.63. The molecule has 0 aliphatic carbocycles. The van der Waals surface area contributed by atoms with E-state index in [-0.39, 0.29) is 11.8 Å². The van der Waals surface area contributed by atoms with Gasteiger partial charge in [0.25, 0.3) is 5.91 Å². The number of nitrogens with one attached hydrogen (secondary N) is 1. The van der Waals surface area contributed by atoms with Crippen LogP contribution in [-0.4, -0.2) is 29.6 Å². The van der Waals surface area contributed by atoms with Gasteiger partial charge >= 0.3 is 0 Å². The van der Waals surface area contributed by atoms with E-state index in [1.807, 2.05) is 42.5 Å². The molecule has 3 rings (SSSR count). The lowest BCUT2D eigenvalue weighted by atomic mass is 10.1. The Morgan fingerprint density at radius 2 is 1.86 bits per heavy atom. The lowest BCUT2D eigenvalue weighted by Crippen LogP contribution is -2.26. The molecule has 0 fully saturated rings. The Bertz CT molecular complexity index is 933. The molecule has 3 aromatic rings. The highest BCUT2D eigenvalue weighted by Crippen LogP contribution is 2.18. The molecule has 0 saturated heterocycles. The van der Waals surface area contributed by atoms with E-state index in [0.717, 1.165) is 17.0 Å². The summed E-state index contributed by atoms with van der Waals surface area (Å²) in [5, 5.41) is 2.86. The van der Waals surface area contributed by atoms with Gasteiger partial charge in [-0.3, -0.25) is 14.6 Å². The van der Waals surface area contributed by atoms with Gasteiger partial charge in [0.15, 0.2) is 0 Å². The largest absolute Gasteiger partial charge is 0.325 e. The first-order chi connectivity index (χ1) is 13.6. The van der Waals surface area contributed by atoms with Gasteiger partial charge in [0.05, 0.1) is 5.75 Å². The van der Waals surface area contributed by atoms with Crippen molar-refractivity contribution in [2.75, 3.05) is 23.0 Å². The predicted octanol–water partition coefficient (Wildman–Crippen LogP) is 4.23. The zero-order valence-corrected chi connectivity index (χ0v) is 16.4. The van der Waals surface area contributed by atoms with E-state index in [0.29, 0.717) is 17.0 Å². The number of para-hydroxylation sites is 1. The molecule has 0 atom stereocenters. The minimum absolute atomic E-state index is 0.102. The number of thioether (sulfide) groups is 1. The molecule has 1 aromatic heterocycles. The molecule has 1 N–H and O–H groups in total. The van der Waals surface area contributed by atoms with E-state index >= 15 is 0 Å². The molecule has 0 radical (unpaired) electrons. The maximum Gasteiger partial charge on any atom is 0.258 e. The molecule has 1 heterocycles. The zero-order chi connectivity index (χ0) is 19.8. The van der Waals surface area contributed by atoms with Crippen LogP contribution in [0.4, 0.5) is 11.4 Å². The van der Waals surface area contributed by atoms with Crippen LogP contribution in [0.2, 0.25) is 0 Å². The maximum absolute atomic E-state index is 12.7. The topological polar surface area (TPSA) is 62.3 Å². The summed E-state index contributed by atoms with van der Waals surface area (Å²) in [7, 11) is 1.73. The SMILES string of the molecule is CN(C(=O)c1cccc(NC(=O)CSCc2cccnc2)c1)c1ccccc1. The van der Waals surface area contributed by atoms with E-state index in [4.69, 9.17) is 0 Å². The van der Waals surface area contributed by atoms with Crippen LogP contribution in [0.3, 0.4) is 0 Å². The Labute approximate surface area is 168 Å². The van der Waals surface area contributed by atoms with Crippen LogP contribution < -0.4 is 10.2 Å². The van der Waals surface area contributed by atoms with E-state index in [1.54, 1.807) is 48.6 Å². The van der Waals surface area contributed by atoms with Crippen LogP contribution in [0, 0.1) is 0 Å². The fraction of sp³-hybridized carbons (Fsp3) is 0.136. The van der Waals surface area contributed by atoms with E-state index in [2.05, 4.69) is 10.3 Å². The summed E-state index contributed by atoms with van der Waals surface area (Å²) in [5.74, 6) is 0.821. The summed E-state index contributed by atoms with van der Waals surface area (Å²) < 4.78 is 0. The molecular weight excluding hydrogens is 370 g/mol. The molecule has 0 unspecified atom stereocenters. The van der Waals surface area contributed by atoms with E-state index in [9.17, 15) is 9.59 Å². The lowest BCUT2D eigenvalue weighted by Gasteiger charge is -2.17. The van der Waals surface area contributed by atoms with Gasteiger partial charge in [-0.2, -0.15) is 0 Å². The van der Waals surface area contributed by atoms with Crippen molar-refractivity contribution in [3.05, 3.63) is 90.3 Å². The Morgan fingerprint density at radius 1 is 1.04 bits per heavy atom. The number of rotatable bonds is 7. The lowest BCUT2D eigenvalue weighted by molar-refractivity contribution is -0.113. The number of hydrogen-bond acceptors (Lipinski definition) is 4. The second kappa shape index (κ2) is 9.71. The van der Waals surface area contributed by atoms with Crippen molar-refractivity contribution in [3.63, 3.8) is 0 Å². The molecule has 2 amide bonds. The first-order valence-electron chi connectivity index (χ1n) is 8.83. The number of anilines is 2. The summed E-state index contributed by atoms with van der Waals surface area (Å²) in [5.41, 5.74) is 3.03. The number of amides is 2. The summed E-state index contributed by atoms with van der Waals surface area (Å²) in [6.07, 6.45) is 3.52. The van der Waals surface area contributed by atoms with Gasteiger partial charge in [0.1, 0.15) is 0 Å². The molecule has 0 spiro atoms. The third-order valence-corrected chi connectivity index (χ3v) is 5.07. The second-order valence-corrected chi connectivity index (χ2v) is 7.17. The summed E-state index contributed by atoms with van der Waals surface area (Å²) in [4.78, 5) is 30.6. The van der Waals surface area contributed by atoms with Crippen LogP contribution in [-0.2, 0) is 10.5 Å². The third-order valence-electron chi connectivity index (χ3n) is 4.07. The van der Waals surface area contributed by atoms with Crippen molar-refractivity contribution in [3.8, 4) is 0 Å². The molecule has 28 heavy (non-hydrogen) atoms. The van der Waals surface area contributed by atoms with Crippen molar-refractivity contribution in [2.45, 2.75) is 5.75 Å². The average Bonchev–Trinajstić information content (AvgIpc) is 2.74. The number of aromatic nitrogens is 1. The number of hydrogen-bond donors (Lipinski definition) is 1. The number of benzene rings is 2. The number of pyridine rings is 1. The third kappa shape index (κ3) is 5.44. The normalized spacial score (nSPS) is 10.3. The van der Waals surface area contributed by atoms with Crippen LogP contribution in [0.25, 0.3) is 0 Å². The number of carbonyl (C=O) groups is 2. The minimum atomic E-state index is -0.131. The van der Waals surface area contributed by atoms with Crippen LogP contribution in [0.5, 0.6) is 0 Å². The first-order valence-corrected chi connectivity index (χ1v) is 9.98. The minimum Gasteiger partial charge on any atom is -0.325 e. The standard InChI is InChI=1S/C22H21N3O2S/c1-25(20-10-3-2-4-11-20)22(27)18-8-5-9-19(13-18)24-21(26)16-28-15-17-7-6-12-23-14-17/h2-14H,15-16H2,1H3,(H,24,26). The van der Waals surface area contributed by atoms with Gasteiger partial charge in [-0.25, -0.2) is 0 Å². The maximum atomic E-state index is 12.7. The number of nitrogens with zero attached hydrogens (tertiary/aromatic N) is 2. The molecule has 142 valence electrons. The quantitative estimate of drug-likeness (QED) is 0.655. The molecular formula is C22H21N3O2S. The number of carbonyl (C=O) groups excluding carboxylic acids is 2. The molecule has 5 nitrogen and oxygen atoms in total. The summed E-state index contributed by atoms with van der Waals surface area (Å²) in [6, 6.07) is 20.3. The van der Waals surface area contributed by atoms with Gasteiger partial charge in [-0.15, -0.1) is 11.8 Å². The van der Waals surface area contributed by atoms with Crippen molar-refractivity contribution in [2.24, 2.45) is 0 Å². The molecule has 6 heteroatoms. The van der Waals surface area contributed by atoms with Gasteiger partial charge in [-0.05, 0) is 42.0 Å². The summed E-state index contributed by atoms with van der Waals surface area (Å²) >= 11 is 1.52. The van der Waals surface area contributed by atoms with Crippen molar-refractivity contribution in [1.82, 2.24) is 4.98 Å². The highest BCUT2D eigenvalue weighted by atomic mass is 32.2. The Morgan fingerprint density at radius 3 is 2.61 bits per heavy atom. The molecule has 0 aliphatic heterocycles. The monoisotopic (exact) mass is 391 g/mol. The molecule has 0 saturated carbocycles. The predicted molar refractivity (Wildman–Crippen MR) is 115 cm³/mol. The second-order valence-electron chi connectivity index (χ2n) is 6.18. The van der Waals surface area contributed by atoms with Crippen molar-refractivity contribution >= 4 is 35.0 Å². The Hall–Kier alpha value is -3.12. The highest BCUT2D eigenvalue weighted by molar-refractivity contribution is 7.99. The molecule has 0 bridgehead atoms. The fourth-order valence-corrected chi connectivity index (χ4v) is 3.40. The van der Waals surface area contributed by atoms with Gasteiger partial charge in [0.2, 0.25) is 5.91 Å². The smallest absolute Gasteiger partial charge is 0.258 e. The first kappa shape index (κ1) is 19.6. The molecule has 2 aromatic carbocycles. The summed E-state index contributed by atoms with van der Waals surface area (Å²) in [6.45, 7) is 0. The van der Waals surface area contributed by atoms with E-state index in [1.165, 1.54) is 11.8 Å².